The minimum atomic E-state index is -3.36. The number of carbonyl (C=O) groups excluding carboxylic acids is 1. The van der Waals surface area contributed by atoms with Gasteiger partial charge in [0.05, 0.1) is 12.9 Å². The Kier molecular flexibility index (Phi) is 7.12. The highest BCUT2D eigenvalue weighted by Crippen LogP contribution is 2.20. The molecule has 0 aromatic heterocycles. The molecule has 1 amide bonds. The standard InChI is InChI=1S/C22H29N3O4S/c1-23-12-14-25(15-13-23)30(27,28)17-18-8-10-19(11-9-18)22(26)24(2)16-20-6-4-5-7-21(20)29-3/h4-11H,12-17H2,1-3H3. The molecule has 3 rings (SSSR count). The predicted octanol–water partition coefficient (Wildman–Crippen LogP) is 2.04. The SMILES string of the molecule is COc1ccccc1CN(C)C(=O)c1ccc(CS(=O)(=O)N2CCN(C)CC2)cc1. The summed E-state index contributed by atoms with van der Waals surface area (Å²) in [7, 11) is 1.97. The summed E-state index contributed by atoms with van der Waals surface area (Å²) in [6.45, 7) is 2.94. The number of hydrogen-bond acceptors (Lipinski definition) is 5. The van der Waals surface area contributed by atoms with E-state index in [1.165, 1.54) is 0 Å². The lowest BCUT2D eigenvalue weighted by Crippen LogP contribution is -2.47. The fraction of sp³-hybridized carbons (Fsp3) is 0.409. The van der Waals surface area contributed by atoms with E-state index in [4.69, 9.17) is 4.74 Å². The zero-order valence-electron chi connectivity index (χ0n) is 17.7. The van der Waals surface area contributed by atoms with Gasteiger partial charge in [-0.25, -0.2) is 8.42 Å². The molecule has 2 aromatic carbocycles. The zero-order chi connectivity index (χ0) is 21.7. The molecule has 0 atom stereocenters. The lowest BCUT2D eigenvalue weighted by molar-refractivity contribution is 0.0784. The van der Waals surface area contributed by atoms with E-state index in [2.05, 4.69) is 4.90 Å². The molecule has 2 aromatic rings. The van der Waals surface area contributed by atoms with Crippen LogP contribution in [0, 0.1) is 0 Å². The molecule has 0 saturated carbocycles. The summed E-state index contributed by atoms with van der Waals surface area (Å²) in [5, 5.41) is 0. The van der Waals surface area contributed by atoms with Crippen LogP contribution in [0.25, 0.3) is 0 Å². The number of hydrogen-bond donors (Lipinski definition) is 0. The highest BCUT2D eigenvalue weighted by Gasteiger charge is 2.26. The maximum absolute atomic E-state index is 12.8. The van der Waals surface area contributed by atoms with Crippen molar-refractivity contribution in [2.24, 2.45) is 0 Å². The van der Waals surface area contributed by atoms with E-state index in [1.807, 2.05) is 31.3 Å². The average Bonchev–Trinajstić information content (AvgIpc) is 2.74. The van der Waals surface area contributed by atoms with Gasteiger partial charge in [-0.05, 0) is 30.8 Å². The molecular weight excluding hydrogens is 402 g/mol. The molecule has 0 spiro atoms. The quantitative estimate of drug-likeness (QED) is 0.671. The first-order valence-electron chi connectivity index (χ1n) is 9.93. The minimum Gasteiger partial charge on any atom is -0.496 e. The summed E-state index contributed by atoms with van der Waals surface area (Å²) in [6, 6.07) is 14.4. The number of piperazine rings is 1. The molecule has 0 bridgehead atoms. The molecule has 7 nitrogen and oxygen atoms in total. The molecular formula is C22H29N3O4S. The Morgan fingerprint density at radius 2 is 1.67 bits per heavy atom. The summed E-state index contributed by atoms with van der Waals surface area (Å²) in [5.74, 6) is 0.554. The van der Waals surface area contributed by atoms with E-state index < -0.39 is 10.0 Å². The van der Waals surface area contributed by atoms with Crippen molar-refractivity contribution in [3.8, 4) is 5.75 Å². The van der Waals surface area contributed by atoms with Gasteiger partial charge >= 0.3 is 0 Å². The van der Waals surface area contributed by atoms with Crippen molar-refractivity contribution >= 4 is 15.9 Å². The van der Waals surface area contributed by atoms with E-state index >= 15 is 0 Å². The van der Waals surface area contributed by atoms with Gasteiger partial charge in [-0.3, -0.25) is 4.79 Å². The lowest BCUT2D eigenvalue weighted by Gasteiger charge is -2.31. The van der Waals surface area contributed by atoms with Crippen molar-refractivity contribution in [3.63, 3.8) is 0 Å². The molecule has 1 fully saturated rings. The highest BCUT2D eigenvalue weighted by atomic mass is 32.2. The van der Waals surface area contributed by atoms with Crippen LogP contribution >= 0.6 is 0 Å². The number of rotatable bonds is 7. The number of likely N-dealkylation sites (N-methyl/N-ethyl adjacent to an activating group) is 1. The highest BCUT2D eigenvalue weighted by molar-refractivity contribution is 7.88. The van der Waals surface area contributed by atoms with Crippen LogP contribution < -0.4 is 4.74 Å². The van der Waals surface area contributed by atoms with E-state index in [9.17, 15) is 13.2 Å². The van der Waals surface area contributed by atoms with E-state index in [-0.39, 0.29) is 11.7 Å². The summed E-state index contributed by atoms with van der Waals surface area (Å²) in [6.07, 6.45) is 0. The van der Waals surface area contributed by atoms with Crippen LogP contribution in [0.1, 0.15) is 21.5 Å². The van der Waals surface area contributed by atoms with Crippen molar-refractivity contribution in [2.75, 3.05) is 47.4 Å². The van der Waals surface area contributed by atoms with Gasteiger partial charge in [0.1, 0.15) is 5.75 Å². The second kappa shape index (κ2) is 9.59. The number of nitrogens with zero attached hydrogens (tertiary/aromatic N) is 3. The van der Waals surface area contributed by atoms with Crippen molar-refractivity contribution < 1.29 is 17.9 Å². The zero-order valence-corrected chi connectivity index (χ0v) is 18.6. The average molecular weight is 432 g/mol. The number of methoxy groups -OCH3 is 1. The topological polar surface area (TPSA) is 70.2 Å². The summed E-state index contributed by atoms with van der Waals surface area (Å²) < 4.78 is 32.2. The molecule has 8 heteroatoms. The molecule has 30 heavy (non-hydrogen) atoms. The number of para-hydroxylation sites is 1. The Labute approximate surface area is 178 Å². The van der Waals surface area contributed by atoms with Crippen LogP contribution in [0.15, 0.2) is 48.5 Å². The van der Waals surface area contributed by atoms with Gasteiger partial charge in [0, 0.05) is 50.9 Å². The van der Waals surface area contributed by atoms with Crippen molar-refractivity contribution in [3.05, 3.63) is 65.2 Å². The van der Waals surface area contributed by atoms with Gasteiger partial charge in [0.2, 0.25) is 10.0 Å². The van der Waals surface area contributed by atoms with Crippen LogP contribution in [-0.4, -0.2) is 75.8 Å². The Morgan fingerprint density at radius 3 is 2.30 bits per heavy atom. The Bertz CT molecular complexity index is 968. The Balaban J connectivity index is 1.64. The maximum atomic E-state index is 12.8. The van der Waals surface area contributed by atoms with E-state index in [0.717, 1.165) is 24.4 Å². The first-order chi connectivity index (χ1) is 14.3. The van der Waals surface area contributed by atoms with Gasteiger partial charge in [-0.1, -0.05) is 30.3 Å². The molecule has 162 valence electrons. The second-order valence-corrected chi connectivity index (χ2v) is 9.60. The number of ether oxygens (including phenoxy) is 1. The number of benzene rings is 2. The first-order valence-corrected chi connectivity index (χ1v) is 11.5. The van der Waals surface area contributed by atoms with Gasteiger partial charge in [-0.15, -0.1) is 0 Å². The third kappa shape index (κ3) is 5.38. The van der Waals surface area contributed by atoms with Crippen LogP contribution in [0.2, 0.25) is 0 Å². The third-order valence-electron chi connectivity index (χ3n) is 5.35. The normalized spacial score (nSPS) is 15.7. The molecule has 0 unspecified atom stereocenters. The van der Waals surface area contributed by atoms with Gasteiger partial charge in [0.25, 0.3) is 5.91 Å². The number of carbonyl (C=O) groups is 1. The van der Waals surface area contributed by atoms with E-state index in [1.54, 1.807) is 47.6 Å². The third-order valence-corrected chi connectivity index (χ3v) is 7.20. The Morgan fingerprint density at radius 1 is 1.03 bits per heavy atom. The van der Waals surface area contributed by atoms with Crippen LogP contribution in [0.3, 0.4) is 0 Å². The molecule has 0 N–H and O–H groups in total. The fourth-order valence-corrected chi connectivity index (χ4v) is 5.01. The van der Waals surface area contributed by atoms with E-state index in [0.29, 0.717) is 30.8 Å². The molecule has 1 heterocycles. The molecule has 0 radical (unpaired) electrons. The van der Waals surface area contributed by atoms with Gasteiger partial charge < -0.3 is 14.5 Å². The molecule has 0 aliphatic carbocycles. The van der Waals surface area contributed by atoms with Crippen LogP contribution in [-0.2, 0) is 22.3 Å². The summed E-state index contributed by atoms with van der Waals surface area (Å²) >= 11 is 0. The van der Waals surface area contributed by atoms with Crippen molar-refractivity contribution in [2.45, 2.75) is 12.3 Å². The van der Waals surface area contributed by atoms with Crippen molar-refractivity contribution in [1.29, 1.82) is 0 Å². The first kappa shape index (κ1) is 22.3. The predicted molar refractivity (Wildman–Crippen MR) is 117 cm³/mol. The largest absolute Gasteiger partial charge is 0.496 e. The smallest absolute Gasteiger partial charge is 0.253 e. The monoisotopic (exact) mass is 431 g/mol. The molecule has 1 aliphatic heterocycles. The number of amides is 1. The number of sulfonamides is 1. The summed E-state index contributed by atoms with van der Waals surface area (Å²) in [5.41, 5.74) is 2.12. The molecule has 1 aliphatic rings. The van der Waals surface area contributed by atoms with Gasteiger partial charge in [0.15, 0.2) is 0 Å². The lowest BCUT2D eigenvalue weighted by atomic mass is 10.1. The van der Waals surface area contributed by atoms with Crippen LogP contribution in [0.4, 0.5) is 0 Å². The van der Waals surface area contributed by atoms with Gasteiger partial charge in [-0.2, -0.15) is 4.31 Å². The fourth-order valence-electron chi connectivity index (χ4n) is 3.49. The summed E-state index contributed by atoms with van der Waals surface area (Å²) in [4.78, 5) is 16.5. The van der Waals surface area contributed by atoms with Crippen LogP contribution in [0.5, 0.6) is 5.75 Å². The minimum absolute atomic E-state index is 0.0533. The Hall–Kier alpha value is -2.42. The van der Waals surface area contributed by atoms with Crippen molar-refractivity contribution in [1.82, 2.24) is 14.1 Å². The molecule has 1 saturated heterocycles. The maximum Gasteiger partial charge on any atom is 0.253 e. The second-order valence-electron chi connectivity index (χ2n) is 7.63.